The largest absolute Gasteiger partial charge is 0.376 e. The molecule has 0 aliphatic heterocycles. The maximum atomic E-state index is 6.38. The van der Waals surface area contributed by atoms with E-state index in [1.54, 1.807) is 0 Å². The third kappa shape index (κ3) is 4.80. The normalized spacial score (nSPS) is 15.5. The quantitative estimate of drug-likeness (QED) is 0.174. The Bertz CT molecular complexity index is 1680. The lowest BCUT2D eigenvalue weighted by Gasteiger charge is -2.40. The standard InChI is InChI=1S/C40H36N2O/c1-43-39(36-25-15-14-24-35(36)30-16-6-2-7-17-30)31-26-27-37-38(28-31)42(29-41-37)40(32-18-8-3-9-19-32,33-20-10-4-11-21-33)34-22-12-5-13-23-34/h2-25,29,31,39H,26-28H2,1H3. The number of nitrogens with zero attached hydrogens (tertiary/aromatic N) is 2. The Kier molecular flexibility index (Phi) is 7.49. The number of benzene rings is 5. The van der Waals surface area contributed by atoms with Gasteiger partial charge in [-0.3, -0.25) is 0 Å². The van der Waals surface area contributed by atoms with Gasteiger partial charge in [0.15, 0.2) is 0 Å². The summed E-state index contributed by atoms with van der Waals surface area (Å²) in [7, 11) is 1.86. The van der Waals surface area contributed by atoms with Crippen LogP contribution in [0.5, 0.6) is 0 Å². The summed E-state index contributed by atoms with van der Waals surface area (Å²) < 4.78 is 8.84. The van der Waals surface area contributed by atoms with Crippen LogP contribution in [0.3, 0.4) is 0 Å². The van der Waals surface area contributed by atoms with Crippen LogP contribution in [-0.4, -0.2) is 16.7 Å². The van der Waals surface area contributed by atoms with Gasteiger partial charge in [-0.05, 0) is 58.6 Å². The zero-order valence-electron chi connectivity index (χ0n) is 24.5. The van der Waals surface area contributed by atoms with Crippen molar-refractivity contribution in [2.45, 2.75) is 30.9 Å². The molecule has 1 aliphatic carbocycles. The fraction of sp³-hybridized carbons (Fsp3) is 0.175. The minimum atomic E-state index is -0.573. The van der Waals surface area contributed by atoms with Crippen LogP contribution in [0.25, 0.3) is 11.1 Å². The zero-order valence-corrected chi connectivity index (χ0v) is 24.5. The minimum absolute atomic E-state index is 0.0347. The second-order valence-electron chi connectivity index (χ2n) is 11.4. The van der Waals surface area contributed by atoms with Gasteiger partial charge in [0.2, 0.25) is 0 Å². The highest BCUT2D eigenvalue weighted by Crippen LogP contribution is 2.45. The monoisotopic (exact) mass is 560 g/mol. The molecule has 0 N–H and O–H groups in total. The van der Waals surface area contributed by atoms with Crippen LogP contribution in [0.15, 0.2) is 152 Å². The number of aryl methyl sites for hydroxylation is 1. The fourth-order valence-corrected chi connectivity index (χ4v) is 7.21. The summed E-state index contributed by atoms with van der Waals surface area (Å²) in [5.41, 5.74) is 9.25. The van der Waals surface area contributed by atoms with Gasteiger partial charge >= 0.3 is 0 Å². The fourth-order valence-electron chi connectivity index (χ4n) is 7.21. The SMILES string of the molecule is COC(c1ccccc1-c1ccccc1)C1CCc2ncn(C(c3ccccc3)(c3ccccc3)c3ccccc3)c2C1. The molecular weight excluding hydrogens is 524 g/mol. The van der Waals surface area contributed by atoms with E-state index in [0.29, 0.717) is 5.92 Å². The summed E-state index contributed by atoms with van der Waals surface area (Å²) in [4.78, 5) is 5.08. The van der Waals surface area contributed by atoms with E-state index in [2.05, 4.69) is 156 Å². The number of rotatable bonds is 8. The van der Waals surface area contributed by atoms with Crippen molar-refractivity contribution in [3.8, 4) is 11.1 Å². The molecular formula is C40H36N2O. The lowest BCUT2D eigenvalue weighted by molar-refractivity contribution is 0.0445. The number of aromatic nitrogens is 2. The highest BCUT2D eigenvalue weighted by atomic mass is 16.5. The first-order valence-corrected chi connectivity index (χ1v) is 15.2. The lowest BCUT2D eigenvalue weighted by atomic mass is 9.75. The van der Waals surface area contributed by atoms with Crippen LogP contribution in [0, 0.1) is 5.92 Å². The van der Waals surface area contributed by atoms with Crippen LogP contribution in [-0.2, 0) is 23.1 Å². The molecule has 0 fully saturated rings. The van der Waals surface area contributed by atoms with Crippen molar-refractivity contribution >= 4 is 0 Å². The van der Waals surface area contributed by atoms with Gasteiger partial charge in [0, 0.05) is 12.8 Å². The summed E-state index contributed by atoms with van der Waals surface area (Å²) in [5, 5.41) is 0. The second-order valence-corrected chi connectivity index (χ2v) is 11.4. The first-order valence-electron chi connectivity index (χ1n) is 15.2. The molecule has 212 valence electrons. The maximum Gasteiger partial charge on any atom is 0.121 e. The molecule has 0 spiro atoms. The van der Waals surface area contributed by atoms with Crippen LogP contribution < -0.4 is 0 Å². The Hall–Kier alpha value is -4.73. The zero-order chi connectivity index (χ0) is 29.1. The molecule has 2 unspecified atom stereocenters. The van der Waals surface area contributed by atoms with Crippen molar-refractivity contribution in [1.82, 2.24) is 9.55 Å². The molecule has 0 amide bonds. The first-order chi connectivity index (χ1) is 21.3. The van der Waals surface area contributed by atoms with Gasteiger partial charge in [0.1, 0.15) is 5.54 Å². The number of imidazole rings is 1. The van der Waals surface area contributed by atoms with Crippen molar-refractivity contribution in [2.75, 3.05) is 7.11 Å². The van der Waals surface area contributed by atoms with Gasteiger partial charge in [-0.25, -0.2) is 4.98 Å². The molecule has 3 heteroatoms. The van der Waals surface area contributed by atoms with Crippen molar-refractivity contribution in [1.29, 1.82) is 0 Å². The Morgan fingerprint density at radius 1 is 0.674 bits per heavy atom. The van der Waals surface area contributed by atoms with Crippen molar-refractivity contribution in [3.63, 3.8) is 0 Å². The average Bonchev–Trinajstić information content (AvgIpc) is 3.51. The Labute approximate surface area is 254 Å². The van der Waals surface area contributed by atoms with E-state index in [1.165, 1.54) is 44.8 Å². The van der Waals surface area contributed by atoms with Gasteiger partial charge in [-0.15, -0.1) is 0 Å². The van der Waals surface area contributed by atoms with Gasteiger partial charge in [0.05, 0.1) is 18.1 Å². The van der Waals surface area contributed by atoms with E-state index in [9.17, 15) is 0 Å². The second kappa shape index (κ2) is 11.9. The van der Waals surface area contributed by atoms with Crippen LogP contribution >= 0.6 is 0 Å². The summed E-state index contributed by atoms with van der Waals surface area (Å²) >= 11 is 0. The summed E-state index contributed by atoms with van der Waals surface area (Å²) in [6, 6.07) is 52.0. The number of methoxy groups -OCH3 is 1. The van der Waals surface area contributed by atoms with Crippen LogP contribution in [0.4, 0.5) is 0 Å². The summed E-state index contributed by atoms with van der Waals surface area (Å²) in [6.45, 7) is 0. The molecule has 3 nitrogen and oxygen atoms in total. The van der Waals surface area contributed by atoms with Crippen LogP contribution in [0.2, 0.25) is 0 Å². The predicted molar refractivity (Wildman–Crippen MR) is 174 cm³/mol. The average molecular weight is 561 g/mol. The molecule has 0 saturated heterocycles. The molecule has 0 radical (unpaired) electrons. The molecule has 1 heterocycles. The van der Waals surface area contributed by atoms with Gasteiger partial charge in [0.25, 0.3) is 0 Å². The third-order valence-electron chi connectivity index (χ3n) is 9.13. The van der Waals surface area contributed by atoms with E-state index < -0.39 is 5.54 Å². The third-order valence-corrected chi connectivity index (χ3v) is 9.13. The maximum absolute atomic E-state index is 6.38. The highest BCUT2D eigenvalue weighted by Gasteiger charge is 2.42. The number of ether oxygens (including phenoxy) is 1. The van der Waals surface area contributed by atoms with E-state index >= 15 is 0 Å². The van der Waals surface area contributed by atoms with Crippen molar-refractivity contribution < 1.29 is 4.74 Å². The van der Waals surface area contributed by atoms with Crippen molar-refractivity contribution in [3.05, 3.63) is 186 Å². The number of hydrogen-bond acceptors (Lipinski definition) is 2. The van der Waals surface area contributed by atoms with Gasteiger partial charge < -0.3 is 9.30 Å². The van der Waals surface area contributed by atoms with Crippen molar-refractivity contribution in [2.24, 2.45) is 5.92 Å². The molecule has 0 saturated carbocycles. The molecule has 1 aromatic heterocycles. The highest BCUT2D eigenvalue weighted by molar-refractivity contribution is 5.68. The number of hydrogen-bond donors (Lipinski definition) is 0. The Morgan fingerprint density at radius 3 is 1.74 bits per heavy atom. The summed E-state index contributed by atoms with van der Waals surface area (Å²) in [5.74, 6) is 0.304. The van der Waals surface area contributed by atoms with E-state index in [0.717, 1.165) is 19.3 Å². The molecule has 1 aliphatic rings. The Balaban J connectivity index is 1.38. The first kappa shape index (κ1) is 27.1. The van der Waals surface area contributed by atoms with Gasteiger partial charge in [-0.2, -0.15) is 0 Å². The van der Waals surface area contributed by atoms with E-state index in [1.807, 2.05) is 7.11 Å². The summed E-state index contributed by atoms with van der Waals surface area (Å²) in [6.07, 6.45) is 4.88. The lowest BCUT2D eigenvalue weighted by Crippen LogP contribution is -2.39. The Morgan fingerprint density at radius 2 is 1.19 bits per heavy atom. The smallest absolute Gasteiger partial charge is 0.121 e. The molecule has 5 aromatic carbocycles. The molecule has 0 bridgehead atoms. The molecule has 2 atom stereocenters. The molecule has 6 aromatic rings. The molecule has 7 rings (SSSR count). The van der Waals surface area contributed by atoms with E-state index in [4.69, 9.17) is 9.72 Å². The number of fused-ring (bicyclic) bond motifs is 1. The van der Waals surface area contributed by atoms with Gasteiger partial charge in [-0.1, -0.05) is 146 Å². The predicted octanol–water partition coefficient (Wildman–Crippen LogP) is 8.88. The van der Waals surface area contributed by atoms with Crippen LogP contribution in [0.1, 0.15) is 46.2 Å². The minimum Gasteiger partial charge on any atom is -0.376 e. The topological polar surface area (TPSA) is 27.1 Å². The van der Waals surface area contributed by atoms with E-state index in [-0.39, 0.29) is 6.10 Å². The molecule has 43 heavy (non-hydrogen) atoms.